The molecule has 0 amide bonds. The third-order valence-electron chi connectivity index (χ3n) is 2.52. The Morgan fingerprint density at radius 3 is 2.44 bits per heavy atom. The SMILES string of the molecule is COCc1cc(OC)c(OC)c(C(=O)CCN)c1. The molecule has 0 unspecified atom stereocenters. The van der Waals surface area contributed by atoms with E-state index in [9.17, 15) is 4.79 Å². The van der Waals surface area contributed by atoms with Gasteiger partial charge >= 0.3 is 0 Å². The van der Waals surface area contributed by atoms with Crippen molar-refractivity contribution in [3.63, 3.8) is 0 Å². The second-order valence-electron chi connectivity index (χ2n) is 3.77. The van der Waals surface area contributed by atoms with E-state index in [0.29, 0.717) is 30.2 Å². The molecule has 0 radical (unpaired) electrons. The molecular weight excluding hydrogens is 234 g/mol. The van der Waals surface area contributed by atoms with Gasteiger partial charge in [0.15, 0.2) is 17.3 Å². The zero-order valence-corrected chi connectivity index (χ0v) is 11.0. The highest BCUT2D eigenvalue weighted by Gasteiger charge is 2.17. The second-order valence-corrected chi connectivity index (χ2v) is 3.77. The zero-order chi connectivity index (χ0) is 13.5. The van der Waals surface area contributed by atoms with Crippen LogP contribution in [-0.2, 0) is 11.3 Å². The van der Waals surface area contributed by atoms with E-state index in [1.54, 1.807) is 19.2 Å². The van der Waals surface area contributed by atoms with Crippen molar-refractivity contribution in [2.45, 2.75) is 13.0 Å². The van der Waals surface area contributed by atoms with Crippen molar-refractivity contribution in [3.05, 3.63) is 23.3 Å². The van der Waals surface area contributed by atoms with Crippen molar-refractivity contribution in [2.24, 2.45) is 5.73 Å². The maximum Gasteiger partial charge on any atom is 0.171 e. The lowest BCUT2D eigenvalue weighted by molar-refractivity contribution is 0.0981. The Bertz CT molecular complexity index is 418. The van der Waals surface area contributed by atoms with E-state index in [0.717, 1.165) is 5.56 Å². The van der Waals surface area contributed by atoms with Gasteiger partial charge < -0.3 is 19.9 Å². The molecule has 0 aliphatic rings. The summed E-state index contributed by atoms with van der Waals surface area (Å²) in [5.74, 6) is 0.897. The molecule has 1 aromatic carbocycles. The van der Waals surface area contributed by atoms with Crippen LogP contribution in [0.1, 0.15) is 22.3 Å². The summed E-state index contributed by atoms with van der Waals surface area (Å²) >= 11 is 0. The van der Waals surface area contributed by atoms with Gasteiger partial charge in [0.1, 0.15) is 0 Å². The van der Waals surface area contributed by atoms with E-state index in [4.69, 9.17) is 19.9 Å². The molecule has 0 bridgehead atoms. The van der Waals surface area contributed by atoms with Crippen LogP contribution < -0.4 is 15.2 Å². The van der Waals surface area contributed by atoms with Gasteiger partial charge in [-0.2, -0.15) is 0 Å². The van der Waals surface area contributed by atoms with Crippen LogP contribution in [-0.4, -0.2) is 33.7 Å². The van der Waals surface area contributed by atoms with E-state index < -0.39 is 0 Å². The molecule has 1 rings (SSSR count). The largest absolute Gasteiger partial charge is 0.493 e. The van der Waals surface area contributed by atoms with Crippen molar-refractivity contribution in [1.82, 2.24) is 0 Å². The predicted molar refractivity (Wildman–Crippen MR) is 68.3 cm³/mol. The summed E-state index contributed by atoms with van der Waals surface area (Å²) in [6.07, 6.45) is 0.274. The average molecular weight is 253 g/mol. The molecule has 0 saturated carbocycles. The lowest BCUT2D eigenvalue weighted by Gasteiger charge is -2.14. The highest BCUT2D eigenvalue weighted by atomic mass is 16.5. The lowest BCUT2D eigenvalue weighted by Crippen LogP contribution is -2.10. The minimum absolute atomic E-state index is 0.0643. The van der Waals surface area contributed by atoms with Gasteiger partial charge in [-0.3, -0.25) is 4.79 Å². The van der Waals surface area contributed by atoms with Gasteiger partial charge in [0.25, 0.3) is 0 Å². The van der Waals surface area contributed by atoms with Crippen molar-refractivity contribution < 1.29 is 19.0 Å². The fourth-order valence-corrected chi connectivity index (χ4v) is 1.74. The Balaban J connectivity index is 3.25. The normalized spacial score (nSPS) is 10.2. The molecule has 1 aromatic rings. The first kappa shape index (κ1) is 14.5. The number of hydrogen-bond donors (Lipinski definition) is 1. The number of rotatable bonds is 7. The molecule has 0 saturated heterocycles. The number of methoxy groups -OCH3 is 3. The topological polar surface area (TPSA) is 70.8 Å². The van der Waals surface area contributed by atoms with E-state index in [2.05, 4.69) is 0 Å². The molecule has 5 nitrogen and oxygen atoms in total. The molecule has 0 aliphatic carbocycles. The van der Waals surface area contributed by atoms with Gasteiger partial charge in [0, 0.05) is 13.5 Å². The van der Waals surface area contributed by atoms with Crippen molar-refractivity contribution in [3.8, 4) is 11.5 Å². The number of carbonyl (C=O) groups excluding carboxylic acids is 1. The number of carbonyl (C=O) groups is 1. The number of ether oxygens (including phenoxy) is 3. The molecule has 0 aliphatic heterocycles. The van der Waals surface area contributed by atoms with Crippen molar-refractivity contribution in [2.75, 3.05) is 27.9 Å². The van der Waals surface area contributed by atoms with Crippen LogP contribution in [0, 0.1) is 0 Å². The Morgan fingerprint density at radius 1 is 1.22 bits per heavy atom. The number of nitrogens with two attached hydrogens (primary N) is 1. The van der Waals surface area contributed by atoms with E-state index in [1.165, 1.54) is 14.2 Å². The second kappa shape index (κ2) is 6.98. The van der Waals surface area contributed by atoms with Crippen LogP contribution in [0.4, 0.5) is 0 Å². The summed E-state index contributed by atoms with van der Waals surface area (Å²) in [5, 5.41) is 0. The van der Waals surface area contributed by atoms with Crippen LogP contribution in [0.15, 0.2) is 12.1 Å². The summed E-state index contributed by atoms with van der Waals surface area (Å²) < 4.78 is 15.5. The molecule has 5 heteroatoms. The van der Waals surface area contributed by atoms with Crippen LogP contribution in [0.5, 0.6) is 11.5 Å². The number of benzene rings is 1. The Hall–Kier alpha value is -1.59. The van der Waals surface area contributed by atoms with Crippen molar-refractivity contribution >= 4 is 5.78 Å². The number of ketones is 1. The lowest BCUT2D eigenvalue weighted by atomic mass is 10.0. The Kier molecular flexibility index (Phi) is 5.61. The van der Waals surface area contributed by atoms with Crippen molar-refractivity contribution in [1.29, 1.82) is 0 Å². The summed E-state index contributed by atoms with van der Waals surface area (Å²) in [6.45, 7) is 0.710. The van der Waals surface area contributed by atoms with E-state index >= 15 is 0 Å². The molecule has 0 heterocycles. The summed E-state index contributed by atoms with van der Waals surface area (Å²) in [4.78, 5) is 12.0. The van der Waals surface area contributed by atoms with E-state index in [1.807, 2.05) is 0 Å². The van der Waals surface area contributed by atoms with Crippen LogP contribution in [0.3, 0.4) is 0 Å². The molecule has 100 valence electrons. The smallest absolute Gasteiger partial charge is 0.171 e. The molecule has 0 atom stereocenters. The standard InChI is InChI=1S/C13H19NO4/c1-16-8-9-6-10(11(15)4-5-14)13(18-3)12(7-9)17-2/h6-7H,4-5,8,14H2,1-3H3. The van der Waals surface area contributed by atoms with Crippen LogP contribution >= 0.6 is 0 Å². The van der Waals surface area contributed by atoms with Gasteiger partial charge in [0.05, 0.1) is 26.4 Å². The van der Waals surface area contributed by atoms with Gasteiger partial charge in [-0.05, 0) is 24.2 Å². The summed E-state index contributed by atoms with van der Waals surface area (Å²) in [5.41, 5.74) is 6.75. The quantitative estimate of drug-likeness (QED) is 0.743. The van der Waals surface area contributed by atoms with Gasteiger partial charge in [-0.1, -0.05) is 0 Å². The van der Waals surface area contributed by atoms with Gasteiger partial charge in [-0.15, -0.1) is 0 Å². The fraction of sp³-hybridized carbons (Fsp3) is 0.462. The molecule has 0 aromatic heterocycles. The highest BCUT2D eigenvalue weighted by Crippen LogP contribution is 2.33. The zero-order valence-electron chi connectivity index (χ0n) is 11.0. The average Bonchev–Trinajstić information content (AvgIpc) is 2.38. The van der Waals surface area contributed by atoms with E-state index in [-0.39, 0.29) is 12.2 Å². The summed E-state index contributed by atoms with van der Waals surface area (Å²) in [7, 11) is 4.64. The molecule has 0 spiro atoms. The maximum absolute atomic E-state index is 12.0. The molecule has 0 fully saturated rings. The third-order valence-corrected chi connectivity index (χ3v) is 2.52. The maximum atomic E-state index is 12.0. The number of Topliss-reactive ketones (excluding diaryl/α,β-unsaturated/α-hetero) is 1. The Morgan fingerprint density at radius 2 is 1.94 bits per heavy atom. The first-order valence-corrected chi connectivity index (χ1v) is 5.65. The van der Waals surface area contributed by atoms with Gasteiger partial charge in [0.2, 0.25) is 0 Å². The Labute approximate surface area is 107 Å². The summed E-state index contributed by atoms with van der Waals surface area (Å²) in [6, 6.07) is 3.55. The van der Waals surface area contributed by atoms with Crippen LogP contribution in [0.2, 0.25) is 0 Å². The first-order valence-electron chi connectivity index (χ1n) is 5.65. The molecule has 2 N–H and O–H groups in total. The minimum Gasteiger partial charge on any atom is -0.493 e. The first-order chi connectivity index (χ1) is 8.67. The minimum atomic E-state index is -0.0643. The van der Waals surface area contributed by atoms with Gasteiger partial charge in [-0.25, -0.2) is 0 Å². The fourth-order valence-electron chi connectivity index (χ4n) is 1.74. The monoisotopic (exact) mass is 253 g/mol. The highest BCUT2D eigenvalue weighted by molar-refractivity contribution is 5.99. The number of hydrogen-bond acceptors (Lipinski definition) is 5. The predicted octanol–water partition coefficient (Wildman–Crippen LogP) is 1.38. The third kappa shape index (κ3) is 3.21. The molecule has 18 heavy (non-hydrogen) atoms. The van der Waals surface area contributed by atoms with Crippen LogP contribution in [0.25, 0.3) is 0 Å². The molecular formula is C13H19NO4.